The minimum atomic E-state index is -0.0279. The van der Waals surface area contributed by atoms with E-state index in [1.165, 1.54) is 6.20 Å². The Hall–Kier alpha value is -1.03. The lowest BCUT2D eigenvalue weighted by Crippen LogP contribution is -1.96. The van der Waals surface area contributed by atoms with Gasteiger partial charge in [-0.2, -0.15) is 5.10 Å². The number of aliphatic hydroxyl groups is 1. The molecule has 0 radical (unpaired) electrons. The van der Waals surface area contributed by atoms with Crippen LogP contribution >= 0.6 is 23.2 Å². The highest BCUT2D eigenvalue weighted by Gasteiger charge is 2.05. The minimum absolute atomic E-state index is 0.0279. The van der Waals surface area contributed by atoms with Gasteiger partial charge in [0.1, 0.15) is 0 Å². The topological polar surface area (TPSA) is 38.0 Å². The summed E-state index contributed by atoms with van der Waals surface area (Å²) in [5.74, 6) is 0. The molecular formula is C10H8Cl2N2O. The zero-order valence-electron chi connectivity index (χ0n) is 7.69. The van der Waals surface area contributed by atoms with Crippen molar-refractivity contribution in [3.05, 3.63) is 46.2 Å². The highest BCUT2D eigenvalue weighted by Crippen LogP contribution is 2.22. The maximum atomic E-state index is 8.93. The van der Waals surface area contributed by atoms with Crippen LogP contribution in [0.1, 0.15) is 5.56 Å². The Bertz CT molecular complexity index is 482. The van der Waals surface area contributed by atoms with Gasteiger partial charge in [0.05, 0.1) is 28.5 Å². The van der Waals surface area contributed by atoms with Gasteiger partial charge in [-0.25, -0.2) is 4.68 Å². The number of aliphatic hydroxyl groups excluding tert-OH is 1. The lowest BCUT2D eigenvalue weighted by molar-refractivity contribution is 0.282. The van der Waals surface area contributed by atoms with E-state index >= 15 is 0 Å². The van der Waals surface area contributed by atoms with Crippen molar-refractivity contribution in [2.45, 2.75) is 6.61 Å². The van der Waals surface area contributed by atoms with Crippen LogP contribution in [-0.2, 0) is 6.61 Å². The number of rotatable bonds is 2. The zero-order chi connectivity index (χ0) is 10.8. The summed E-state index contributed by atoms with van der Waals surface area (Å²) in [6, 6.07) is 5.28. The predicted octanol–water partition coefficient (Wildman–Crippen LogP) is 2.67. The molecule has 0 aliphatic rings. The van der Waals surface area contributed by atoms with Crippen molar-refractivity contribution in [2.24, 2.45) is 0 Å². The molecule has 0 fully saturated rings. The van der Waals surface area contributed by atoms with Gasteiger partial charge in [0, 0.05) is 6.20 Å². The van der Waals surface area contributed by atoms with Crippen LogP contribution in [0.5, 0.6) is 0 Å². The molecule has 78 valence electrons. The van der Waals surface area contributed by atoms with Crippen molar-refractivity contribution in [1.82, 2.24) is 9.78 Å². The van der Waals surface area contributed by atoms with Gasteiger partial charge in [-0.3, -0.25) is 0 Å². The fourth-order valence-corrected chi connectivity index (χ4v) is 1.69. The summed E-state index contributed by atoms with van der Waals surface area (Å²) in [5.41, 5.74) is 1.50. The summed E-state index contributed by atoms with van der Waals surface area (Å²) in [7, 11) is 0. The Balaban J connectivity index is 2.45. The SMILES string of the molecule is OCc1ccc(-n2cc(Cl)cn2)c(Cl)c1. The summed E-state index contributed by atoms with van der Waals surface area (Å²) < 4.78 is 1.59. The standard InChI is InChI=1S/C10H8Cl2N2O/c11-8-4-13-14(5-8)10-2-1-7(6-15)3-9(10)12/h1-5,15H,6H2. The first kappa shape index (κ1) is 10.5. The van der Waals surface area contributed by atoms with Crippen molar-refractivity contribution in [3.8, 4) is 5.69 Å². The number of nitrogens with zero attached hydrogens (tertiary/aromatic N) is 2. The Kier molecular flexibility index (Phi) is 2.95. The fourth-order valence-electron chi connectivity index (χ4n) is 1.27. The Morgan fingerprint density at radius 3 is 2.67 bits per heavy atom. The third kappa shape index (κ3) is 2.15. The first-order valence-corrected chi connectivity index (χ1v) is 5.06. The highest BCUT2D eigenvalue weighted by molar-refractivity contribution is 6.32. The van der Waals surface area contributed by atoms with Crippen molar-refractivity contribution in [3.63, 3.8) is 0 Å². The van der Waals surface area contributed by atoms with Crippen LogP contribution in [0.4, 0.5) is 0 Å². The van der Waals surface area contributed by atoms with Gasteiger partial charge in [0.2, 0.25) is 0 Å². The number of hydrogen-bond acceptors (Lipinski definition) is 2. The molecule has 0 atom stereocenters. The second kappa shape index (κ2) is 4.23. The van der Waals surface area contributed by atoms with E-state index in [2.05, 4.69) is 5.10 Å². The van der Waals surface area contributed by atoms with Crippen LogP contribution < -0.4 is 0 Å². The smallest absolute Gasteiger partial charge is 0.0832 e. The van der Waals surface area contributed by atoms with Gasteiger partial charge >= 0.3 is 0 Å². The first-order chi connectivity index (χ1) is 7.20. The van der Waals surface area contributed by atoms with E-state index < -0.39 is 0 Å². The molecule has 1 N–H and O–H groups in total. The molecular weight excluding hydrogens is 235 g/mol. The maximum Gasteiger partial charge on any atom is 0.0832 e. The predicted molar refractivity (Wildman–Crippen MR) is 59.5 cm³/mol. The molecule has 0 aliphatic carbocycles. The summed E-state index contributed by atoms with van der Waals surface area (Å²) in [5, 5.41) is 14.0. The Morgan fingerprint density at radius 1 is 1.33 bits per heavy atom. The molecule has 5 heteroatoms. The largest absolute Gasteiger partial charge is 0.392 e. The van der Waals surface area contributed by atoms with E-state index in [9.17, 15) is 0 Å². The molecule has 2 aromatic rings. The van der Waals surface area contributed by atoms with E-state index in [0.717, 1.165) is 11.3 Å². The summed E-state index contributed by atoms with van der Waals surface area (Å²) in [6.45, 7) is -0.0279. The normalized spacial score (nSPS) is 10.6. The molecule has 2 rings (SSSR count). The third-order valence-electron chi connectivity index (χ3n) is 1.99. The van der Waals surface area contributed by atoms with E-state index in [0.29, 0.717) is 10.0 Å². The van der Waals surface area contributed by atoms with Gasteiger partial charge in [0.15, 0.2) is 0 Å². The Labute approximate surface area is 96.9 Å². The molecule has 15 heavy (non-hydrogen) atoms. The monoisotopic (exact) mass is 242 g/mol. The van der Waals surface area contributed by atoms with Crippen LogP contribution in [0.3, 0.4) is 0 Å². The number of aromatic nitrogens is 2. The molecule has 0 saturated carbocycles. The molecule has 3 nitrogen and oxygen atoms in total. The molecule has 1 aromatic carbocycles. The van der Waals surface area contributed by atoms with Gasteiger partial charge in [-0.1, -0.05) is 29.3 Å². The van der Waals surface area contributed by atoms with Crippen LogP contribution in [0.2, 0.25) is 10.0 Å². The van der Waals surface area contributed by atoms with Crippen LogP contribution in [0.15, 0.2) is 30.6 Å². The number of benzene rings is 1. The first-order valence-electron chi connectivity index (χ1n) is 4.30. The summed E-state index contributed by atoms with van der Waals surface area (Å²) >= 11 is 11.8. The van der Waals surface area contributed by atoms with Crippen molar-refractivity contribution < 1.29 is 5.11 Å². The average Bonchev–Trinajstić information content (AvgIpc) is 2.64. The number of halogens is 2. The highest BCUT2D eigenvalue weighted by atomic mass is 35.5. The molecule has 0 amide bonds. The average molecular weight is 243 g/mol. The van der Waals surface area contributed by atoms with Crippen molar-refractivity contribution >= 4 is 23.2 Å². The van der Waals surface area contributed by atoms with E-state index in [4.69, 9.17) is 28.3 Å². The Morgan fingerprint density at radius 2 is 2.13 bits per heavy atom. The zero-order valence-corrected chi connectivity index (χ0v) is 9.20. The molecule has 0 bridgehead atoms. The van der Waals surface area contributed by atoms with Gasteiger partial charge in [0.25, 0.3) is 0 Å². The fraction of sp³-hybridized carbons (Fsp3) is 0.100. The minimum Gasteiger partial charge on any atom is -0.392 e. The number of hydrogen-bond donors (Lipinski definition) is 1. The van der Waals surface area contributed by atoms with Crippen LogP contribution in [-0.4, -0.2) is 14.9 Å². The van der Waals surface area contributed by atoms with Crippen LogP contribution in [0, 0.1) is 0 Å². The lowest BCUT2D eigenvalue weighted by Gasteiger charge is -2.05. The van der Waals surface area contributed by atoms with Crippen molar-refractivity contribution in [2.75, 3.05) is 0 Å². The molecule has 0 saturated heterocycles. The van der Waals surface area contributed by atoms with E-state index in [1.54, 1.807) is 29.1 Å². The molecule has 0 unspecified atom stereocenters. The van der Waals surface area contributed by atoms with E-state index in [-0.39, 0.29) is 6.61 Å². The molecule has 1 heterocycles. The quantitative estimate of drug-likeness (QED) is 0.880. The maximum absolute atomic E-state index is 8.93. The molecule has 0 spiro atoms. The van der Waals surface area contributed by atoms with Crippen molar-refractivity contribution in [1.29, 1.82) is 0 Å². The molecule has 1 aromatic heterocycles. The second-order valence-electron chi connectivity index (χ2n) is 3.05. The lowest BCUT2D eigenvalue weighted by atomic mass is 10.2. The molecule has 0 aliphatic heterocycles. The second-order valence-corrected chi connectivity index (χ2v) is 3.89. The van der Waals surface area contributed by atoms with Gasteiger partial charge in [-0.15, -0.1) is 0 Å². The third-order valence-corrected chi connectivity index (χ3v) is 2.49. The summed E-state index contributed by atoms with van der Waals surface area (Å²) in [6.07, 6.45) is 3.21. The van der Waals surface area contributed by atoms with Gasteiger partial charge < -0.3 is 5.11 Å². The van der Waals surface area contributed by atoms with Crippen LogP contribution in [0.25, 0.3) is 5.69 Å². The van der Waals surface area contributed by atoms with Gasteiger partial charge in [-0.05, 0) is 17.7 Å². The summed E-state index contributed by atoms with van der Waals surface area (Å²) in [4.78, 5) is 0. The van der Waals surface area contributed by atoms with E-state index in [1.807, 2.05) is 0 Å².